The van der Waals surface area contributed by atoms with Crippen LogP contribution in [0.4, 0.5) is 0 Å². The van der Waals surface area contributed by atoms with Gasteiger partial charge in [0.15, 0.2) is 0 Å². The molecular weight excluding hydrogens is 328 g/mol. The van der Waals surface area contributed by atoms with Crippen molar-refractivity contribution in [3.8, 4) is 0 Å². The van der Waals surface area contributed by atoms with Crippen molar-refractivity contribution in [1.82, 2.24) is 0 Å². The molecule has 0 aliphatic rings. The van der Waals surface area contributed by atoms with E-state index in [1.54, 1.807) is 12.1 Å². The number of unbranched alkanes of at least 4 members (excludes halogenated alkanes) is 8. The summed E-state index contributed by atoms with van der Waals surface area (Å²) in [6, 6.07) is 3.30. The maximum atomic E-state index is 11.9. The summed E-state index contributed by atoms with van der Waals surface area (Å²) in [6.45, 7) is 4.31. The fourth-order valence-electron chi connectivity index (χ4n) is 3.46. The van der Waals surface area contributed by atoms with Crippen LogP contribution in [0.5, 0.6) is 0 Å². The number of carboxylic acids is 2. The SMILES string of the molecule is CCCCCCCc1ccc(C(=O)O)c(CCCCCCC)c1C(=O)O. The second-order valence-corrected chi connectivity index (χ2v) is 7.06. The monoisotopic (exact) mass is 362 g/mol. The van der Waals surface area contributed by atoms with E-state index in [1.807, 2.05) is 0 Å². The van der Waals surface area contributed by atoms with Crippen LogP contribution in [0.2, 0.25) is 0 Å². The van der Waals surface area contributed by atoms with Gasteiger partial charge in [0.05, 0.1) is 11.1 Å². The molecule has 0 amide bonds. The lowest BCUT2D eigenvalue weighted by atomic mass is 9.89. The lowest BCUT2D eigenvalue weighted by molar-refractivity contribution is 0.0694. The quantitative estimate of drug-likeness (QED) is 0.392. The minimum atomic E-state index is -1.04. The molecule has 1 aromatic carbocycles. The van der Waals surface area contributed by atoms with Gasteiger partial charge in [-0.2, -0.15) is 0 Å². The molecule has 1 aromatic rings. The summed E-state index contributed by atoms with van der Waals surface area (Å²) < 4.78 is 0. The Balaban J connectivity index is 2.95. The molecule has 0 saturated heterocycles. The van der Waals surface area contributed by atoms with Gasteiger partial charge in [-0.25, -0.2) is 9.59 Å². The zero-order valence-electron chi connectivity index (χ0n) is 16.4. The van der Waals surface area contributed by atoms with Gasteiger partial charge in [-0.1, -0.05) is 71.3 Å². The Labute approximate surface area is 157 Å². The van der Waals surface area contributed by atoms with E-state index < -0.39 is 11.9 Å². The summed E-state index contributed by atoms with van der Waals surface area (Å²) in [5.41, 5.74) is 1.67. The molecular formula is C22H34O4. The molecule has 0 heterocycles. The van der Waals surface area contributed by atoms with E-state index >= 15 is 0 Å². The van der Waals surface area contributed by atoms with Crippen molar-refractivity contribution >= 4 is 11.9 Å². The first-order chi connectivity index (χ1) is 12.5. The van der Waals surface area contributed by atoms with Crippen molar-refractivity contribution in [3.63, 3.8) is 0 Å². The molecule has 0 bridgehead atoms. The Bertz CT molecular complexity index is 578. The molecule has 1 rings (SSSR count). The molecule has 0 saturated carbocycles. The van der Waals surface area contributed by atoms with Gasteiger partial charge in [-0.3, -0.25) is 0 Å². The molecule has 4 nitrogen and oxygen atoms in total. The van der Waals surface area contributed by atoms with Gasteiger partial charge >= 0.3 is 11.9 Å². The van der Waals surface area contributed by atoms with E-state index in [4.69, 9.17) is 0 Å². The van der Waals surface area contributed by atoms with Crippen molar-refractivity contribution < 1.29 is 19.8 Å². The van der Waals surface area contributed by atoms with Gasteiger partial charge in [0, 0.05) is 0 Å². The third kappa shape index (κ3) is 7.19. The molecule has 0 aliphatic heterocycles. The summed E-state index contributed by atoms with van der Waals surface area (Å²) in [5, 5.41) is 19.2. The summed E-state index contributed by atoms with van der Waals surface area (Å²) in [7, 11) is 0. The fraction of sp³-hybridized carbons (Fsp3) is 0.636. The normalized spacial score (nSPS) is 10.8. The molecule has 0 unspecified atom stereocenters. The molecule has 4 heteroatoms. The summed E-state index contributed by atoms with van der Waals surface area (Å²) >= 11 is 0. The molecule has 2 N–H and O–H groups in total. The first-order valence-corrected chi connectivity index (χ1v) is 10.1. The Morgan fingerprint density at radius 2 is 1.27 bits per heavy atom. The van der Waals surface area contributed by atoms with E-state index in [1.165, 1.54) is 12.8 Å². The van der Waals surface area contributed by atoms with Gasteiger partial charge in [-0.05, 0) is 42.9 Å². The number of rotatable bonds is 14. The fourth-order valence-corrected chi connectivity index (χ4v) is 3.46. The highest BCUT2D eigenvalue weighted by molar-refractivity contribution is 5.97. The predicted octanol–water partition coefficient (Wildman–Crippen LogP) is 6.11. The minimum Gasteiger partial charge on any atom is -0.478 e. The second-order valence-electron chi connectivity index (χ2n) is 7.06. The Morgan fingerprint density at radius 3 is 1.77 bits per heavy atom. The van der Waals surface area contributed by atoms with E-state index in [9.17, 15) is 19.8 Å². The average Bonchev–Trinajstić information content (AvgIpc) is 2.60. The van der Waals surface area contributed by atoms with Crippen molar-refractivity contribution in [1.29, 1.82) is 0 Å². The van der Waals surface area contributed by atoms with Crippen LogP contribution in [0, 0.1) is 0 Å². The minimum absolute atomic E-state index is 0.146. The molecule has 0 fully saturated rings. The van der Waals surface area contributed by atoms with Crippen LogP contribution in [0.15, 0.2) is 12.1 Å². The number of aromatic carboxylic acids is 2. The number of benzene rings is 1. The molecule has 0 atom stereocenters. The predicted molar refractivity (Wildman–Crippen MR) is 105 cm³/mol. The average molecular weight is 363 g/mol. The number of carbonyl (C=O) groups is 2. The number of aryl methyl sites for hydroxylation is 1. The van der Waals surface area contributed by atoms with E-state index in [2.05, 4.69) is 13.8 Å². The lowest BCUT2D eigenvalue weighted by Gasteiger charge is -2.15. The van der Waals surface area contributed by atoms with Crippen LogP contribution in [-0.2, 0) is 12.8 Å². The van der Waals surface area contributed by atoms with Crippen LogP contribution in [0.25, 0.3) is 0 Å². The highest BCUT2D eigenvalue weighted by Gasteiger charge is 2.21. The number of hydrogen-bond acceptors (Lipinski definition) is 2. The van der Waals surface area contributed by atoms with Gasteiger partial charge in [0.25, 0.3) is 0 Å². The number of carboxylic acid groups (broad SMARTS) is 2. The van der Waals surface area contributed by atoms with E-state index in [0.29, 0.717) is 18.4 Å². The maximum absolute atomic E-state index is 11.9. The van der Waals surface area contributed by atoms with Gasteiger partial charge in [-0.15, -0.1) is 0 Å². The Morgan fingerprint density at radius 1 is 0.731 bits per heavy atom. The first kappa shape index (κ1) is 22.2. The topological polar surface area (TPSA) is 74.6 Å². The zero-order valence-corrected chi connectivity index (χ0v) is 16.4. The summed E-state index contributed by atoms with van der Waals surface area (Å²) in [6.07, 6.45) is 12.1. The Hall–Kier alpha value is -1.84. The zero-order chi connectivity index (χ0) is 19.4. The molecule has 26 heavy (non-hydrogen) atoms. The Kier molecular flexibility index (Phi) is 10.7. The number of hydrogen-bond donors (Lipinski definition) is 2. The molecule has 0 spiro atoms. The van der Waals surface area contributed by atoms with Crippen molar-refractivity contribution in [2.75, 3.05) is 0 Å². The third-order valence-electron chi connectivity index (χ3n) is 4.92. The van der Waals surface area contributed by atoms with Crippen LogP contribution in [0.1, 0.15) is 110 Å². The highest BCUT2D eigenvalue weighted by atomic mass is 16.4. The second kappa shape index (κ2) is 12.5. The molecule has 0 radical (unpaired) electrons. The maximum Gasteiger partial charge on any atom is 0.336 e. The van der Waals surface area contributed by atoms with Crippen LogP contribution < -0.4 is 0 Å². The highest BCUT2D eigenvalue weighted by Crippen LogP contribution is 2.24. The van der Waals surface area contributed by atoms with Crippen molar-refractivity contribution in [3.05, 3.63) is 34.4 Å². The lowest BCUT2D eigenvalue weighted by Crippen LogP contribution is -2.13. The van der Waals surface area contributed by atoms with Gasteiger partial charge in [0.1, 0.15) is 0 Å². The van der Waals surface area contributed by atoms with Gasteiger partial charge in [0.2, 0.25) is 0 Å². The smallest absolute Gasteiger partial charge is 0.336 e. The molecule has 0 aliphatic carbocycles. The van der Waals surface area contributed by atoms with Crippen LogP contribution in [-0.4, -0.2) is 22.2 Å². The summed E-state index contributed by atoms with van der Waals surface area (Å²) in [4.78, 5) is 23.5. The summed E-state index contributed by atoms with van der Waals surface area (Å²) in [5.74, 6) is -2.04. The van der Waals surface area contributed by atoms with Crippen molar-refractivity contribution in [2.24, 2.45) is 0 Å². The van der Waals surface area contributed by atoms with Crippen LogP contribution in [0.3, 0.4) is 0 Å². The molecule has 146 valence electrons. The molecule has 0 aromatic heterocycles. The third-order valence-corrected chi connectivity index (χ3v) is 4.92. The van der Waals surface area contributed by atoms with E-state index in [0.717, 1.165) is 56.9 Å². The van der Waals surface area contributed by atoms with E-state index in [-0.39, 0.29) is 11.1 Å². The standard InChI is InChI=1S/C22H34O4/c1-3-5-7-9-11-13-17-15-16-19(21(23)24)18(20(17)22(25)26)14-12-10-8-6-4-2/h15-16H,3-14H2,1-2H3,(H,23,24)(H,25,26). The van der Waals surface area contributed by atoms with Crippen molar-refractivity contribution in [2.45, 2.75) is 90.9 Å². The van der Waals surface area contributed by atoms with Crippen LogP contribution >= 0.6 is 0 Å². The largest absolute Gasteiger partial charge is 0.478 e. The van der Waals surface area contributed by atoms with Gasteiger partial charge < -0.3 is 10.2 Å². The first-order valence-electron chi connectivity index (χ1n) is 10.1.